The molecule has 0 aromatic heterocycles. The number of rotatable bonds is 9. The van der Waals surface area contributed by atoms with Crippen LogP contribution in [-0.4, -0.2) is 31.0 Å². The Morgan fingerprint density at radius 1 is 1.13 bits per heavy atom. The van der Waals surface area contributed by atoms with Gasteiger partial charge in [-0.3, -0.25) is 0 Å². The van der Waals surface area contributed by atoms with Gasteiger partial charge in [-0.25, -0.2) is 4.67 Å². The maximum Gasteiger partial charge on any atom is 0.264 e. The predicted octanol–water partition coefficient (Wildman–Crippen LogP) is 2.96. The average Bonchev–Trinajstić information content (AvgIpc) is 2.25. The molecule has 0 spiro atoms. The molecule has 0 bridgehead atoms. The summed E-state index contributed by atoms with van der Waals surface area (Å²) < 4.78 is 13.2. The first-order chi connectivity index (χ1) is 7.14. The van der Waals surface area contributed by atoms with E-state index in [0.717, 1.165) is 13.1 Å². The SMILES string of the molecule is C=CCOP(=S)(OCC=C)N(CC)CC. The molecule has 0 radical (unpaired) electrons. The molecule has 3 nitrogen and oxygen atoms in total. The Labute approximate surface area is 98.0 Å². The molecule has 15 heavy (non-hydrogen) atoms. The van der Waals surface area contributed by atoms with Gasteiger partial charge in [-0.1, -0.05) is 26.0 Å². The van der Waals surface area contributed by atoms with Crippen LogP contribution in [0.3, 0.4) is 0 Å². The van der Waals surface area contributed by atoms with Crippen LogP contribution in [0.1, 0.15) is 13.8 Å². The van der Waals surface area contributed by atoms with Crippen LogP contribution in [0.15, 0.2) is 25.3 Å². The van der Waals surface area contributed by atoms with E-state index in [2.05, 4.69) is 13.2 Å². The van der Waals surface area contributed by atoms with Crippen molar-refractivity contribution in [1.29, 1.82) is 0 Å². The van der Waals surface area contributed by atoms with Crippen molar-refractivity contribution in [2.45, 2.75) is 13.8 Å². The van der Waals surface area contributed by atoms with Crippen molar-refractivity contribution in [3.63, 3.8) is 0 Å². The third kappa shape index (κ3) is 5.05. The van der Waals surface area contributed by atoms with Crippen LogP contribution < -0.4 is 0 Å². The summed E-state index contributed by atoms with van der Waals surface area (Å²) in [6.07, 6.45) is 3.36. The van der Waals surface area contributed by atoms with Crippen LogP contribution in [0.5, 0.6) is 0 Å². The fraction of sp³-hybridized carbons (Fsp3) is 0.600. The van der Waals surface area contributed by atoms with Gasteiger partial charge < -0.3 is 9.05 Å². The Morgan fingerprint density at radius 3 is 1.80 bits per heavy atom. The first-order valence-electron chi connectivity index (χ1n) is 5.00. The molecular weight excluding hydrogens is 229 g/mol. The zero-order chi connectivity index (χ0) is 11.7. The van der Waals surface area contributed by atoms with Crippen molar-refractivity contribution < 1.29 is 9.05 Å². The highest BCUT2D eigenvalue weighted by molar-refractivity contribution is 8.08. The van der Waals surface area contributed by atoms with Gasteiger partial charge in [0.2, 0.25) is 0 Å². The van der Waals surface area contributed by atoms with Crippen molar-refractivity contribution in [3.05, 3.63) is 25.3 Å². The van der Waals surface area contributed by atoms with Gasteiger partial charge in [0.1, 0.15) is 0 Å². The van der Waals surface area contributed by atoms with Crippen LogP contribution >= 0.6 is 6.64 Å². The van der Waals surface area contributed by atoms with E-state index < -0.39 is 6.64 Å². The van der Waals surface area contributed by atoms with E-state index >= 15 is 0 Å². The van der Waals surface area contributed by atoms with E-state index in [4.69, 9.17) is 20.9 Å². The van der Waals surface area contributed by atoms with Crippen molar-refractivity contribution in [1.82, 2.24) is 4.67 Å². The average molecular weight is 249 g/mol. The van der Waals surface area contributed by atoms with Gasteiger partial charge in [-0.05, 0) is 11.8 Å². The summed E-state index contributed by atoms with van der Waals surface area (Å²) in [6.45, 7) is 11.4. The van der Waals surface area contributed by atoms with Crippen LogP contribution in [0.25, 0.3) is 0 Å². The third-order valence-corrected chi connectivity index (χ3v) is 5.32. The van der Waals surface area contributed by atoms with Gasteiger partial charge >= 0.3 is 0 Å². The second-order valence-corrected chi connectivity index (χ2v) is 6.18. The molecule has 0 rings (SSSR count). The van der Waals surface area contributed by atoms with E-state index in [0.29, 0.717) is 13.2 Å². The summed E-state index contributed by atoms with van der Waals surface area (Å²) >= 11 is 5.45. The number of nitrogens with zero attached hydrogens (tertiary/aromatic N) is 1. The first kappa shape index (κ1) is 15.0. The second-order valence-electron chi connectivity index (χ2n) is 2.78. The Hall–Kier alpha value is 0.01000. The summed E-state index contributed by atoms with van der Waals surface area (Å²) in [5.74, 6) is 0. The number of hydrogen-bond donors (Lipinski definition) is 0. The molecule has 88 valence electrons. The Balaban J connectivity index is 4.57. The predicted molar refractivity (Wildman–Crippen MR) is 69.5 cm³/mol. The number of hydrogen-bond acceptors (Lipinski definition) is 3. The highest BCUT2D eigenvalue weighted by Gasteiger charge is 2.25. The van der Waals surface area contributed by atoms with E-state index in [1.165, 1.54) is 0 Å². The van der Waals surface area contributed by atoms with Gasteiger partial charge in [0.15, 0.2) is 0 Å². The lowest BCUT2D eigenvalue weighted by Crippen LogP contribution is -2.22. The maximum atomic E-state index is 5.59. The molecule has 0 aromatic carbocycles. The molecule has 0 N–H and O–H groups in total. The fourth-order valence-corrected chi connectivity index (χ4v) is 3.80. The monoisotopic (exact) mass is 249 g/mol. The van der Waals surface area contributed by atoms with Gasteiger partial charge in [0.25, 0.3) is 6.64 Å². The summed E-state index contributed by atoms with van der Waals surface area (Å²) in [5, 5.41) is 0. The van der Waals surface area contributed by atoms with Crippen LogP contribution in [0.2, 0.25) is 0 Å². The molecule has 0 atom stereocenters. The lowest BCUT2D eigenvalue weighted by Gasteiger charge is -2.31. The lowest BCUT2D eigenvalue weighted by atomic mass is 10.7. The minimum Gasteiger partial charge on any atom is -0.314 e. The van der Waals surface area contributed by atoms with Gasteiger partial charge in [-0.2, -0.15) is 0 Å². The Kier molecular flexibility index (Phi) is 8.20. The molecule has 0 aromatic rings. The molecule has 0 aliphatic carbocycles. The first-order valence-corrected chi connectivity index (χ1v) is 7.60. The molecule has 0 saturated carbocycles. The lowest BCUT2D eigenvalue weighted by molar-refractivity contribution is 0.236. The van der Waals surface area contributed by atoms with Crippen molar-refractivity contribution in [2.24, 2.45) is 0 Å². The highest BCUT2D eigenvalue weighted by atomic mass is 32.5. The highest BCUT2D eigenvalue weighted by Crippen LogP contribution is 2.51. The topological polar surface area (TPSA) is 21.7 Å². The quantitative estimate of drug-likeness (QED) is 0.462. The minimum absolute atomic E-state index is 0.422. The molecular formula is C10H20NO2PS. The molecule has 0 aliphatic rings. The normalized spacial score (nSPS) is 11.7. The minimum atomic E-state index is -2.34. The Bertz CT molecular complexity index is 226. The summed E-state index contributed by atoms with van der Waals surface area (Å²) in [7, 11) is 0. The second kappa shape index (κ2) is 8.20. The molecule has 0 saturated heterocycles. The largest absolute Gasteiger partial charge is 0.314 e. The molecule has 0 fully saturated rings. The smallest absolute Gasteiger partial charge is 0.264 e. The van der Waals surface area contributed by atoms with Crippen LogP contribution in [0.4, 0.5) is 0 Å². The van der Waals surface area contributed by atoms with E-state index in [1.54, 1.807) is 12.2 Å². The van der Waals surface area contributed by atoms with Crippen molar-refractivity contribution in [3.8, 4) is 0 Å². The molecule has 0 aliphatic heterocycles. The van der Waals surface area contributed by atoms with Crippen LogP contribution in [0, 0.1) is 0 Å². The summed E-state index contributed by atoms with van der Waals surface area (Å²) in [4.78, 5) is 0. The zero-order valence-corrected chi connectivity index (χ0v) is 11.2. The third-order valence-electron chi connectivity index (χ3n) is 1.79. The van der Waals surface area contributed by atoms with Gasteiger partial charge in [-0.15, -0.1) is 13.2 Å². The van der Waals surface area contributed by atoms with Crippen LogP contribution in [-0.2, 0) is 20.9 Å². The van der Waals surface area contributed by atoms with E-state index in [1.807, 2.05) is 18.5 Å². The van der Waals surface area contributed by atoms with Crippen molar-refractivity contribution >= 4 is 18.4 Å². The van der Waals surface area contributed by atoms with Gasteiger partial charge in [0, 0.05) is 13.1 Å². The standard InChI is InChI=1S/C10H20NO2PS/c1-5-9-12-14(15,13-10-6-2)11(7-3)8-4/h5-6H,1-2,7-10H2,3-4H3. The molecule has 0 unspecified atom stereocenters. The van der Waals surface area contributed by atoms with E-state index in [9.17, 15) is 0 Å². The van der Waals surface area contributed by atoms with Crippen molar-refractivity contribution in [2.75, 3.05) is 26.3 Å². The molecule has 5 heteroatoms. The fourth-order valence-electron chi connectivity index (χ4n) is 1.06. The molecule has 0 amide bonds. The summed E-state index contributed by atoms with van der Waals surface area (Å²) in [6, 6.07) is 0. The van der Waals surface area contributed by atoms with E-state index in [-0.39, 0.29) is 0 Å². The molecule has 0 heterocycles. The Morgan fingerprint density at radius 2 is 1.53 bits per heavy atom. The summed E-state index contributed by atoms with van der Waals surface area (Å²) in [5.41, 5.74) is 0. The maximum absolute atomic E-state index is 5.59. The zero-order valence-electron chi connectivity index (χ0n) is 9.52. The van der Waals surface area contributed by atoms with Gasteiger partial charge in [0.05, 0.1) is 13.2 Å².